The second kappa shape index (κ2) is 11.4. The molecule has 2 amide bonds. The summed E-state index contributed by atoms with van der Waals surface area (Å²) in [6.07, 6.45) is 0.393. The molecule has 0 bridgehead atoms. The van der Waals surface area contributed by atoms with Crippen LogP contribution in [0.1, 0.15) is 15.9 Å². The number of ether oxygens (including phenoxy) is 2. The number of rotatable bonds is 10. The second-order valence-electron chi connectivity index (χ2n) is 6.90. The predicted octanol–water partition coefficient (Wildman–Crippen LogP) is 3.23. The third kappa shape index (κ3) is 6.89. The van der Waals surface area contributed by atoms with Gasteiger partial charge in [0, 0.05) is 12.0 Å². The van der Waals surface area contributed by atoms with Crippen molar-refractivity contribution in [3.05, 3.63) is 96.1 Å². The highest BCUT2D eigenvalue weighted by atomic mass is 16.5. The molecule has 0 heterocycles. The molecule has 3 aromatic rings. The van der Waals surface area contributed by atoms with Crippen LogP contribution in [0.3, 0.4) is 0 Å². The molecular weight excluding hydrogens is 392 g/mol. The van der Waals surface area contributed by atoms with E-state index in [4.69, 9.17) is 9.47 Å². The molecule has 0 spiro atoms. The molecule has 160 valence electrons. The molecule has 0 fully saturated rings. The number of amides is 2. The molecule has 0 aliphatic rings. The second-order valence-corrected chi connectivity index (χ2v) is 6.90. The average molecular weight is 418 g/mol. The molecule has 0 aliphatic carbocycles. The van der Waals surface area contributed by atoms with Crippen molar-refractivity contribution in [2.75, 3.05) is 20.3 Å². The maximum Gasteiger partial charge on any atom is 0.251 e. The highest BCUT2D eigenvalue weighted by Gasteiger charge is 2.21. The summed E-state index contributed by atoms with van der Waals surface area (Å²) in [7, 11) is 1.60. The van der Waals surface area contributed by atoms with Crippen LogP contribution in [0.5, 0.6) is 11.5 Å². The molecule has 3 rings (SSSR count). The lowest BCUT2D eigenvalue weighted by Crippen LogP contribution is -2.48. The van der Waals surface area contributed by atoms with Crippen molar-refractivity contribution >= 4 is 11.8 Å². The van der Waals surface area contributed by atoms with Gasteiger partial charge in [0.25, 0.3) is 5.91 Å². The quantitative estimate of drug-likeness (QED) is 0.496. The minimum absolute atomic E-state index is 0.258. The van der Waals surface area contributed by atoms with Crippen molar-refractivity contribution in [1.82, 2.24) is 10.6 Å². The maximum atomic E-state index is 12.8. The van der Waals surface area contributed by atoms with Gasteiger partial charge in [-0.1, -0.05) is 48.5 Å². The molecule has 0 saturated heterocycles. The van der Waals surface area contributed by atoms with E-state index in [2.05, 4.69) is 10.6 Å². The summed E-state index contributed by atoms with van der Waals surface area (Å²) in [6.45, 7) is 0.625. The Hall–Kier alpha value is -3.80. The molecule has 0 aromatic heterocycles. The molecule has 3 aromatic carbocycles. The molecular formula is C25H26N2O4. The SMILES string of the molecule is COc1ccc(OCCNC(=O)[C@@H](Cc2ccccc2)NC(=O)c2ccccc2)cc1. The molecule has 31 heavy (non-hydrogen) atoms. The van der Waals surface area contributed by atoms with Crippen LogP contribution in [0.25, 0.3) is 0 Å². The Kier molecular flexibility index (Phi) is 8.05. The summed E-state index contributed by atoms with van der Waals surface area (Å²) in [6, 6.07) is 25.0. The topological polar surface area (TPSA) is 76.7 Å². The largest absolute Gasteiger partial charge is 0.497 e. The van der Waals surface area contributed by atoms with Crippen molar-refractivity contribution in [1.29, 1.82) is 0 Å². The summed E-state index contributed by atoms with van der Waals surface area (Å²) in [5.74, 6) is 0.893. The Bertz CT molecular complexity index is 960. The monoisotopic (exact) mass is 418 g/mol. The van der Waals surface area contributed by atoms with E-state index < -0.39 is 6.04 Å². The van der Waals surface area contributed by atoms with Crippen LogP contribution in [0, 0.1) is 0 Å². The van der Waals surface area contributed by atoms with Gasteiger partial charge in [0.15, 0.2) is 0 Å². The van der Waals surface area contributed by atoms with Gasteiger partial charge in [0.2, 0.25) is 5.91 Å². The Morgan fingerprint density at radius 3 is 2.10 bits per heavy atom. The number of hydrogen-bond acceptors (Lipinski definition) is 4. The highest BCUT2D eigenvalue weighted by molar-refractivity contribution is 5.97. The Morgan fingerprint density at radius 1 is 0.839 bits per heavy atom. The van der Waals surface area contributed by atoms with Crippen LogP contribution in [0.4, 0.5) is 0 Å². The van der Waals surface area contributed by atoms with E-state index in [9.17, 15) is 9.59 Å². The molecule has 0 saturated carbocycles. The molecule has 0 aliphatic heterocycles. The molecule has 1 atom stereocenters. The van der Waals surface area contributed by atoms with Crippen LogP contribution in [-0.4, -0.2) is 38.1 Å². The smallest absolute Gasteiger partial charge is 0.251 e. The van der Waals surface area contributed by atoms with Gasteiger partial charge in [-0.3, -0.25) is 9.59 Å². The van der Waals surface area contributed by atoms with Gasteiger partial charge in [-0.2, -0.15) is 0 Å². The number of nitrogens with one attached hydrogen (secondary N) is 2. The lowest BCUT2D eigenvalue weighted by molar-refractivity contribution is -0.123. The first-order valence-corrected chi connectivity index (χ1v) is 10.1. The average Bonchev–Trinajstić information content (AvgIpc) is 2.83. The Labute approximate surface area is 182 Å². The van der Waals surface area contributed by atoms with Crippen molar-refractivity contribution in [3.8, 4) is 11.5 Å². The molecule has 6 nitrogen and oxygen atoms in total. The van der Waals surface area contributed by atoms with Gasteiger partial charge in [-0.05, 0) is 42.0 Å². The van der Waals surface area contributed by atoms with Crippen molar-refractivity contribution in [2.45, 2.75) is 12.5 Å². The van der Waals surface area contributed by atoms with E-state index in [0.29, 0.717) is 30.9 Å². The van der Waals surface area contributed by atoms with Gasteiger partial charge in [-0.15, -0.1) is 0 Å². The Morgan fingerprint density at radius 2 is 1.45 bits per heavy atom. The number of carbonyl (C=O) groups is 2. The van der Waals surface area contributed by atoms with Crippen LogP contribution in [-0.2, 0) is 11.2 Å². The lowest BCUT2D eigenvalue weighted by atomic mass is 10.0. The van der Waals surface area contributed by atoms with Crippen LogP contribution in [0.2, 0.25) is 0 Å². The van der Waals surface area contributed by atoms with E-state index in [-0.39, 0.29) is 11.8 Å². The highest BCUT2D eigenvalue weighted by Crippen LogP contribution is 2.16. The first-order chi connectivity index (χ1) is 15.2. The van der Waals surface area contributed by atoms with Gasteiger partial charge in [0.05, 0.1) is 13.7 Å². The predicted molar refractivity (Wildman–Crippen MR) is 119 cm³/mol. The standard InChI is InChI=1S/C25H26N2O4/c1-30-21-12-14-22(15-13-21)31-17-16-26-25(29)23(18-19-8-4-2-5-9-19)27-24(28)20-10-6-3-7-11-20/h2-15,23H,16-18H2,1H3,(H,26,29)(H,27,28)/t23-/m1/s1. The van der Waals surface area contributed by atoms with Crippen molar-refractivity contribution in [3.63, 3.8) is 0 Å². The number of hydrogen-bond donors (Lipinski definition) is 2. The fourth-order valence-electron chi connectivity index (χ4n) is 3.03. The van der Waals surface area contributed by atoms with Crippen LogP contribution in [0.15, 0.2) is 84.9 Å². The maximum absolute atomic E-state index is 12.8. The van der Waals surface area contributed by atoms with Gasteiger partial charge >= 0.3 is 0 Å². The number of benzene rings is 3. The zero-order valence-electron chi connectivity index (χ0n) is 17.4. The fourth-order valence-corrected chi connectivity index (χ4v) is 3.03. The lowest BCUT2D eigenvalue weighted by Gasteiger charge is -2.19. The van der Waals surface area contributed by atoms with E-state index in [1.165, 1.54) is 0 Å². The minimum atomic E-state index is -0.698. The summed E-state index contributed by atoms with van der Waals surface area (Å²) in [5.41, 5.74) is 1.47. The number of methoxy groups -OCH3 is 1. The third-order valence-corrected chi connectivity index (χ3v) is 4.67. The van der Waals surface area contributed by atoms with E-state index >= 15 is 0 Å². The zero-order valence-corrected chi connectivity index (χ0v) is 17.4. The van der Waals surface area contributed by atoms with Crippen LogP contribution >= 0.6 is 0 Å². The van der Waals surface area contributed by atoms with E-state index in [1.54, 1.807) is 43.5 Å². The summed E-state index contributed by atoms with van der Waals surface area (Å²) in [5, 5.41) is 5.70. The van der Waals surface area contributed by atoms with Gasteiger partial charge in [-0.25, -0.2) is 0 Å². The van der Waals surface area contributed by atoms with E-state index in [1.807, 2.05) is 48.5 Å². The normalized spacial score (nSPS) is 11.3. The Balaban J connectivity index is 1.56. The molecule has 0 unspecified atom stereocenters. The zero-order chi connectivity index (χ0) is 21.9. The van der Waals surface area contributed by atoms with Gasteiger partial charge < -0.3 is 20.1 Å². The van der Waals surface area contributed by atoms with Crippen molar-refractivity contribution < 1.29 is 19.1 Å². The van der Waals surface area contributed by atoms with Crippen LogP contribution < -0.4 is 20.1 Å². The fraction of sp³-hybridized carbons (Fsp3) is 0.200. The van der Waals surface area contributed by atoms with Gasteiger partial charge in [0.1, 0.15) is 24.1 Å². The first kappa shape index (κ1) is 21.9. The molecule has 6 heteroatoms. The summed E-state index contributed by atoms with van der Waals surface area (Å²) >= 11 is 0. The van der Waals surface area contributed by atoms with E-state index in [0.717, 1.165) is 11.3 Å². The first-order valence-electron chi connectivity index (χ1n) is 10.1. The molecule has 0 radical (unpaired) electrons. The summed E-state index contributed by atoms with van der Waals surface area (Å²) < 4.78 is 10.8. The molecule has 2 N–H and O–H groups in total. The van der Waals surface area contributed by atoms with Crippen molar-refractivity contribution in [2.24, 2.45) is 0 Å². The number of carbonyl (C=O) groups excluding carboxylic acids is 2. The minimum Gasteiger partial charge on any atom is -0.497 e. The summed E-state index contributed by atoms with van der Waals surface area (Å²) in [4.78, 5) is 25.4. The third-order valence-electron chi connectivity index (χ3n) is 4.67.